The van der Waals surface area contributed by atoms with Crippen LogP contribution < -0.4 is 4.74 Å². The Balaban J connectivity index is 1.68. The van der Waals surface area contributed by atoms with Gasteiger partial charge in [0, 0.05) is 15.5 Å². The Bertz CT molecular complexity index is 1350. The summed E-state index contributed by atoms with van der Waals surface area (Å²) >= 11 is 1.58. The second kappa shape index (κ2) is 10.0. The van der Waals surface area contributed by atoms with Crippen molar-refractivity contribution in [3.63, 3.8) is 0 Å². The lowest BCUT2D eigenvalue weighted by atomic mass is 10.1. The number of rotatable bonds is 8. The lowest BCUT2D eigenvalue weighted by Gasteiger charge is -2.17. The number of hydrogen-bond acceptors (Lipinski definition) is 4. The normalized spacial score (nSPS) is 12.6. The molecule has 1 heterocycles. The number of carbonyl (C=O) groups is 1. The Morgan fingerprint density at radius 2 is 1.83 bits per heavy atom. The highest BCUT2D eigenvalue weighted by molar-refractivity contribution is 7.99. The van der Waals surface area contributed by atoms with Crippen LogP contribution in [0, 0.1) is 0 Å². The van der Waals surface area contributed by atoms with Crippen LogP contribution in [0.5, 0.6) is 5.75 Å². The topological polar surface area (TPSA) is 64.4 Å². The molecule has 1 atom stereocenters. The van der Waals surface area contributed by atoms with Gasteiger partial charge >= 0.3 is 12.1 Å². The van der Waals surface area contributed by atoms with Gasteiger partial charge < -0.3 is 9.84 Å². The summed E-state index contributed by atoms with van der Waals surface area (Å²) in [7, 11) is 0. The molecule has 0 bridgehead atoms. The zero-order valence-electron chi connectivity index (χ0n) is 19.0. The van der Waals surface area contributed by atoms with Gasteiger partial charge in [0.1, 0.15) is 5.75 Å². The van der Waals surface area contributed by atoms with Gasteiger partial charge in [0.25, 0.3) is 0 Å². The Morgan fingerprint density at radius 3 is 2.49 bits per heavy atom. The quantitative estimate of drug-likeness (QED) is 0.266. The first kappa shape index (κ1) is 24.7. The van der Waals surface area contributed by atoms with Gasteiger partial charge in [-0.15, -0.1) is 11.8 Å². The lowest BCUT2D eigenvalue weighted by molar-refractivity contribution is -0.139. The van der Waals surface area contributed by atoms with Crippen molar-refractivity contribution in [2.45, 2.75) is 36.6 Å². The van der Waals surface area contributed by atoms with Gasteiger partial charge in [0.05, 0.1) is 22.5 Å². The van der Waals surface area contributed by atoms with Crippen molar-refractivity contribution < 1.29 is 27.8 Å². The second-order valence-corrected chi connectivity index (χ2v) is 9.34. The fourth-order valence-corrected chi connectivity index (χ4v) is 4.98. The predicted molar refractivity (Wildman–Crippen MR) is 129 cm³/mol. The molecule has 0 amide bonds. The van der Waals surface area contributed by atoms with Crippen LogP contribution in [-0.4, -0.2) is 27.5 Å². The highest BCUT2D eigenvalue weighted by atomic mass is 32.2. The SMILES string of the molecule is CCc1cc(SC(C)c2c3ccccc3nn2-c2ccc(C(F)(F)F)cc2)ccc1OCC(=O)O. The molecule has 0 radical (unpaired) electrons. The average Bonchev–Trinajstić information content (AvgIpc) is 3.22. The number of nitrogens with zero attached hydrogens (tertiary/aromatic N) is 2. The number of carboxylic acids is 1. The molecule has 4 aromatic rings. The Kier molecular flexibility index (Phi) is 7.07. The van der Waals surface area contributed by atoms with E-state index in [0.29, 0.717) is 17.9 Å². The van der Waals surface area contributed by atoms with Crippen LogP contribution in [0.2, 0.25) is 0 Å². The van der Waals surface area contributed by atoms with Gasteiger partial charge in [0.15, 0.2) is 6.61 Å². The highest BCUT2D eigenvalue weighted by Gasteiger charge is 2.30. The largest absolute Gasteiger partial charge is 0.482 e. The first-order chi connectivity index (χ1) is 16.7. The Labute approximate surface area is 204 Å². The Morgan fingerprint density at radius 1 is 1.11 bits per heavy atom. The van der Waals surface area contributed by atoms with E-state index in [-0.39, 0.29) is 5.25 Å². The van der Waals surface area contributed by atoms with Crippen LogP contribution in [0.1, 0.15) is 35.9 Å². The fourth-order valence-electron chi connectivity index (χ4n) is 3.88. The molecule has 0 aliphatic rings. The van der Waals surface area contributed by atoms with Crippen LogP contribution >= 0.6 is 11.8 Å². The molecular weight excluding hydrogens is 477 g/mol. The third-order valence-corrected chi connectivity index (χ3v) is 6.62. The maximum Gasteiger partial charge on any atom is 0.416 e. The molecule has 9 heteroatoms. The van der Waals surface area contributed by atoms with Crippen molar-refractivity contribution in [3.05, 3.63) is 83.6 Å². The summed E-state index contributed by atoms with van der Waals surface area (Å²) in [6, 6.07) is 18.2. The molecule has 1 N–H and O–H groups in total. The third-order valence-electron chi connectivity index (χ3n) is 5.52. The molecule has 1 unspecified atom stereocenters. The van der Waals surface area contributed by atoms with E-state index in [4.69, 9.17) is 9.84 Å². The summed E-state index contributed by atoms with van der Waals surface area (Å²) in [5, 5.41) is 14.4. The third kappa shape index (κ3) is 5.45. The number of ether oxygens (including phenoxy) is 1. The maximum atomic E-state index is 13.1. The van der Waals surface area contributed by atoms with Gasteiger partial charge in [-0.3, -0.25) is 0 Å². The maximum absolute atomic E-state index is 13.1. The minimum absolute atomic E-state index is 0.0970. The summed E-state index contributed by atoms with van der Waals surface area (Å²) < 4.78 is 46.2. The standard InChI is InChI=1S/C26H23F3N2O3S/c1-3-17-14-20(12-13-23(17)34-15-24(32)33)35-16(2)25-21-6-4-5-7-22(21)30-31(25)19-10-8-18(9-11-19)26(27,28)29/h4-14,16H,3,15H2,1-2H3,(H,32,33). The monoisotopic (exact) mass is 500 g/mol. The average molecular weight is 501 g/mol. The number of thioether (sulfide) groups is 1. The van der Waals surface area contributed by atoms with Crippen molar-refractivity contribution in [1.29, 1.82) is 0 Å². The number of fused-ring (bicyclic) bond motifs is 1. The number of hydrogen-bond donors (Lipinski definition) is 1. The first-order valence-electron chi connectivity index (χ1n) is 11.0. The zero-order valence-corrected chi connectivity index (χ0v) is 19.9. The summed E-state index contributed by atoms with van der Waals surface area (Å²) in [5.74, 6) is -0.505. The van der Waals surface area contributed by atoms with Gasteiger partial charge in [0.2, 0.25) is 0 Å². The van der Waals surface area contributed by atoms with E-state index in [2.05, 4.69) is 5.10 Å². The van der Waals surface area contributed by atoms with E-state index in [1.165, 1.54) is 12.1 Å². The van der Waals surface area contributed by atoms with Crippen molar-refractivity contribution in [3.8, 4) is 11.4 Å². The molecule has 0 aliphatic carbocycles. The lowest BCUT2D eigenvalue weighted by Crippen LogP contribution is -2.10. The fraction of sp³-hybridized carbons (Fsp3) is 0.231. The first-order valence-corrected chi connectivity index (χ1v) is 11.8. The number of carboxylic acid groups (broad SMARTS) is 1. The summed E-state index contributed by atoms with van der Waals surface area (Å²) in [6.45, 7) is 3.58. The van der Waals surface area contributed by atoms with Crippen LogP contribution in [0.4, 0.5) is 13.2 Å². The Hall–Kier alpha value is -3.46. The number of aliphatic carboxylic acids is 1. The molecule has 1 aromatic heterocycles. The van der Waals surface area contributed by atoms with Gasteiger partial charge in [-0.2, -0.15) is 18.3 Å². The summed E-state index contributed by atoms with van der Waals surface area (Å²) in [4.78, 5) is 11.8. The number of halogens is 3. The van der Waals surface area contributed by atoms with Crippen LogP contribution in [-0.2, 0) is 17.4 Å². The molecule has 0 fully saturated rings. The molecule has 0 saturated heterocycles. The highest BCUT2D eigenvalue weighted by Crippen LogP contribution is 2.40. The number of aromatic nitrogens is 2. The number of benzene rings is 3. The number of alkyl halides is 3. The minimum atomic E-state index is -4.41. The van der Waals surface area contributed by atoms with Crippen molar-refractivity contribution >= 4 is 28.6 Å². The van der Waals surface area contributed by atoms with Gasteiger partial charge in [-0.25, -0.2) is 9.48 Å². The smallest absolute Gasteiger partial charge is 0.416 e. The minimum Gasteiger partial charge on any atom is -0.482 e. The summed E-state index contributed by atoms with van der Waals surface area (Å²) in [6.07, 6.45) is -3.74. The van der Waals surface area contributed by atoms with Crippen molar-refractivity contribution in [1.82, 2.24) is 9.78 Å². The van der Waals surface area contributed by atoms with E-state index in [9.17, 15) is 18.0 Å². The van der Waals surface area contributed by atoms with E-state index >= 15 is 0 Å². The van der Waals surface area contributed by atoms with E-state index in [1.807, 2.05) is 50.2 Å². The summed E-state index contributed by atoms with van der Waals surface area (Å²) in [5.41, 5.74) is 2.35. The van der Waals surface area contributed by atoms with Gasteiger partial charge in [-0.05, 0) is 67.4 Å². The molecule has 35 heavy (non-hydrogen) atoms. The number of aryl methyl sites for hydroxylation is 1. The molecule has 0 aliphatic heterocycles. The molecule has 4 rings (SSSR count). The van der Waals surface area contributed by atoms with Crippen molar-refractivity contribution in [2.24, 2.45) is 0 Å². The van der Waals surface area contributed by atoms with Gasteiger partial charge in [-0.1, -0.05) is 25.1 Å². The van der Waals surface area contributed by atoms with Crippen LogP contribution in [0.3, 0.4) is 0 Å². The molecule has 182 valence electrons. The van der Waals surface area contributed by atoms with E-state index in [0.717, 1.165) is 39.2 Å². The predicted octanol–water partition coefficient (Wildman–Crippen LogP) is 6.92. The zero-order chi connectivity index (χ0) is 25.2. The molecular formula is C26H23F3N2O3S. The molecule has 5 nitrogen and oxygen atoms in total. The molecule has 0 spiro atoms. The van der Waals surface area contributed by atoms with Crippen LogP contribution in [0.15, 0.2) is 71.6 Å². The molecule has 0 saturated carbocycles. The van der Waals surface area contributed by atoms with Crippen molar-refractivity contribution in [2.75, 3.05) is 6.61 Å². The van der Waals surface area contributed by atoms with E-state index in [1.54, 1.807) is 22.5 Å². The van der Waals surface area contributed by atoms with E-state index < -0.39 is 24.3 Å². The second-order valence-electron chi connectivity index (χ2n) is 7.92. The molecule has 3 aromatic carbocycles. The van der Waals surface area contributed by atoms with Crippen LogP contribution in [0.25, 0.3) is 16.6 Å².